The number of halogens is 1. The maximum atomic E-state index is 12.4. The molecule has 0 radical (unpaired) electrons. The van der Waals surface area contributed by atoms with Gasteiger partial charge in [-0.25, -0.2) is 4.39 Å². The van der Waals surface area contributed by atoms with Crippen molar-refractivity contribution in [2.24, 2.45) is 0 Å². The SMILES string of the molecule is OB(O)Oc1cc(F)ccc1O. The summed E-state index contributed by atoms with van der Waals surface area (Å²) in [5, 5.41) is 25.6. The van der Waals surface area contributed by atoms with E-state index in [9.17, 15) is 4.39 Å². The summed E-state index contributed by atoms with van der Waals surface area (Å²) in [7, 11) is -2.07. The van der Waals surface area contributed by atoms with Gasteiger partial charge in [0.25, 0.3) is 0 Å². The topological polar surface area (TPSA) is 69.9 Å². The number of benzene rings is 1. The van der Waals surface area contributed by atoms with Gasteiger partial charge < -0.3 is 19.8 Å². The van der Waals surface area contributed by atoms with Crippen LogP contribution in [0.15, 0.2) is 18.2 Å². The van der Waals surface area contributed by atoms with Crippen LogP contribution in [0.2, 0.25) is 0 Å². The van der Waals surface area contributed by atoms with Crippen molar-refractivity contribution in [1.29, 1.82) is 0 Å². The molecule has 0 saturated carbocycles. The van der Waals surface area contributed by atoms with Gasteiger partial charge in [0.15, 0.2) is 5.75 Å². The molecule has 0 saturated heterocycles. The van der Waals surface area contributed by atoms with Gasteiger partial charge in [0, 0.05) is 6.07 Å². The van der Waals surface area contributed by atoms with Crippen LogP contribution in [0.3, 0.4) is 0 Å². The van der Waals surface area contributed by atoms with Gasteiger partial charge in [0.1, 0.15) is 11.6 Å². The Labute approximate surface area is 68.0 Å². The van der Waals surface area contributed by atoms with Crippen molar-refractivity contribution in [2.45, 2.75) is 0 Å². The van der Waals surface area contributed by atoms with E-state index < -0.39 is 13.1 Å². The molecule has 0 aliphatic heterocycles. The third kappa shape index (κ3) is 2.11. The van der Waals surface area contributed by atoms with E-state index in [-0.39, 0.29) is 11.5 Å². The fourth-order valence-electron chi connectivity index (χ4n) is 0.696. The van der Waals surface area contributed by atoms with Crippen LogP contribution in [0.25, 0.3) is 0 Å². The molecular formula is C6H6BFO4. The molecule has 0 spiro atoms. The lowest BCUT2D eigenvalue weighted by Crippen LogP contribution is -2.20. The molecule has 0 heterocycles. The Morgan fingerprint density at radius 2 is 2.00 bits per heavy atom. The minimum atomic E-state index is -2.07. The van der Waals surface area contributed by atoms with Crippen molar-refractivity contribution in [3.05, 3.63) is 24.0 Å². The van der Waals surface area contributed by atoms with Gasteiger partial charge in [-0.15, -0.1) is 0 Å². The van der Waals surface area contributed by atoms with Gasteiger partial charge in [-0.1, -0.05) is 0 Å². The fraction of sp³-hybridized carbons (Fsp3) is 0. The Kier molecular flexibility index (Phi) is 2.52. The van der Waals surface area contributed by atoms with Crippen LogP contribution in [0.1, 0.15) is 0 Å². The molecule has 4 nitrogen and oxygen atoms in total. The molecule has 1 aromatic carbocycles. The van der Waals surface area contributed by atoms with Crippen molar-refractivity contribution in [3.8, 4) is 11.5 Å². The second-order valence-electron chi connectivity index (χ2n) is 2.06. The Balaban J connectivity index is 2.90. The van der Waals surface area contributed by atoms with Crippen LogP contribution < -0.4 is 4.65 Å². The molecule has 3 N–H and O–H groups in total. The van der Waals surface area contributed by atoms with Gasteiger partial charge in [-0.3, -0.25) is 0 Å². The summed E-state index contributed by atoms with van der Waals surface area (Å²) in [6.07, 6.45) is 0. The number of rotatable bonds is 2. The number of aromatic hydroxyl groups is 1. The van der Waals surface area contributed by atoms with Crippen LogP contribution in [-0.2, 0) is 0 Å². The van der Waals surface area contributed by atoms with Crippen molar-refractivity contribution in [2.75, 3.05) is 0 Å². The molecule has 0 bridgehead atoms. The van der Waals surface area contributed by atoms with E-state index >= 15 is 0 Å². The first-order valence-electron chi connectivity index (χ1n) is 3.11. The molecule has 12 heavy (non-hydrogen) atoms. The summed E-state index contributed by atoms with van der Waals surface area (Å²) in [4.78, 5) is 0. The van der Waals surface area contributed by atoms with Gasteiger partial charge in [-0.05, 0) is 12.1 Å². The maximum Gasteiger partial charge on any atom is 0.707 e. The molecular weight excluding hydrogens is 166 g/mol. The summed E-state index contributed by atoms with van der Waals surface area (Å²) >= 11 is 0. The highest BCUT2D eigenvalue weighted by Crippen LogP contribution is 2.25. The summed E-state index contributed by atoms with van der Waals surface area (Å²) in [5.74, 6) is -1.31. The largest absolute Gasteiger partial charge is 0.707 e. The van der Waals surface area contributed by atoms with E-state index in [4.69, 9.17) is 15.2 Å². The zero-order valence-corrected chi connectivity index (χ0v) is 5.94. The molecule has 0 amide bonds. The van der Waals surface area contributed by atoms with Gasteiger partial charge in [0.2, 0.25) is 0 Å². The second-order valence-corrected chi connectivity index (χ2v) is 2.06. The van der Waals surface area contributed by atoms with E-state index in [1.807, 2.05) is 0 Å². The van der Waals surface area contributed by atoms with Crippen molar-refractivity contribution in [1.82, 2.24) is 0 Å². The highest BCUT2D eigenvalue weighted by atomic mass is 19.1. The normalized spacial score (nSPS) is 9.58. The summed E-state index contributed by atoms with van der Waals surface area (Å²) < 4.78 is 16.7. The van der Waals surface area contributed by atoms with Crippen molar-refractivity contribution in [3.63, 3.8) is 0 Å². The molecule has 0 aliphatic rings. The highest BCUT2D eigenvalue weighted by Gasteiger charge is 2.14. The number of phenolic OH excluding ortho intramolecular Hbond substituents is 1. The fourth-order valence-corrected chi connectivity index (χ4v) is 0.696. The molecule has 6 heteroatoms. The molecule has 0 fully saturated rings. The first-order chi connectivity index (χ1) is 5.59. The monoisotopic (exact) mass is 172 g/mol. The molecule has 1 aromatic rings. The van der Waals surface area contributed by atoms with Crippen LogP contribution in [0.4, 0.5) is 4.39 Å². The van der Waals surface area contributed by atoms with E-state index in [1.165, 1.54) is 0 Å². The number of hydrogen-bond acceptors (Lipinski definition) is 4. The molecule has 1 rings (SSSR count). The summed E-state index contributed by atoms with van der Waals surface area (Å²) in [5.41, 5.74) is 0. The average molecular weight is 172 g/mol. The van der Waals surface area contributed by atoms with E-state index in [2.05, 4.69) is 4.65 Å². The molecule has 0 unspecified atom stereocenters. The van der Waals surface area contributed by atoms with Crippen LogP contribution in [0.5, 0.6) is 11.5 Å². The first-order valence-corrected chi connectivity index (χ1v) is 3.11. The standard InChI is InChI=1S/C6H6BFO4/c8-4-1-2-5(9)6(3-4)12-7(10)11/h1-3,9-11H. The van der Waals surface area contributed by atoms with Gasteiger partial charge in [-0.2, -0.15) is 0 Å². The van der Waals surface area contributed by atoms with E-state index in [1.54, 1.807) is 0 Å². The van der Waals surface area contributed by atoms with Crippen molar-refractivity contribution < 1.29 is 24.2 Å². The lowest BCUT2D eigenvalue weighted by Gasteiger charge is -2.05. The Bertz CT molecular complexity index is 278. The number of phenols is 1. The molecule has 0 atom stereocenters. The second kappa shape index (κ2) is 3.42. The zero-order valence-electron chi connectivity index (χ0n) is 5.94. The third-order valence-corrected chi connectivity index (χ3v) is 1.15. The quantitative estimate of drug-likeness (QED) is 0.543. The van der Waals surface area contributed by atoms with Crippen molar-refractivity contribution >= 4 is 7.32 Å². The number of hydrogen-bond donors (Lipinski definition) is 3. The Morgan fingerprint density at radius 1 is 1.33 bits per heavy atom. The molecule has 64 valence electrons. The lowest BCUT2D eigenvalue weighted by atomic mass is 10.2. The maximum absolute atomic E-state index is 12.4. The average Bonchev–Trinajstić information content (AvgIpc) is 1.96. The predicted octanol–water partition coefficient (Wildman–Crippen LogP) is -0.120. The van der Waals surface area contributed by atoms with Crippen LogP contribution >= 0.6 is 0 Å². The minimum Gasteiger partial charge on any atom is -0.509 e. The molecule has 0 aliphatic carbocycles. The van der Waals surface area contributed by atoms with Gasteiger partial charge in [0.05, 0.1) is 0 Å². The first kappa shape index (κ1) is 8.83. The zero-order chi connectivity index (χ0) is 9.14. The summed E-state index contributed by atoms with van der Waals surface area (Å²) in [6, 6.07) is 2.91. The van der Waals surface area contributed by atoms with Crippen LogP contribution in [0, 0.1) is 5.82 Å². The smallest absolute Gasteiger partial charge is 0.509 e. The third-order valence-electron chi connectivity index (χ3n) is 1.15. The van der Waals surface area contributed by atoms with E-state index in [0.29, 0.717) is 0 Å². The Hall–Kier alpha value is -1.27. The van der Waals surface area contributed by atoms with Gasteiger partial charge >= 0.3 is 7.32 Å². The van der Waals surface area contributed by atoms with E-state index in [0.717, 1.165) is 18.2 Å². The molecule has 0 aromatic heterocycles. The lowest BCUT2D eigenvalue weighted by molar-refractivity contribution is 0.280. The highest BCUT2D eigenvalue weighted by molar-refractivity contribution is 6.33. The Morgan fingerprint density at radius 3 is 2.58 bits per heavy atom. The summed E-state index contributed by atoms with van der Waals surface area (Å²) in [6.45, 7) is 0. The minimum absolute atomic E-state index is 0.315. The van der Waals surface area contributed by atoms with Crippen LogP contribution in [-0.4, -0.2) is 22.5 Å². The predicted molar refractivity (Wildman–Crippen MR) is 38.9 cm³/mol.